The molecule has 0 aliphatic carbocycles. The lowest BCUT2D eigenvalue weighted by Gasteiger charge is -2.28. The fourth-order valence-corrected chi connectivity index (χ4v) is 1.83. The van der Waals surface area contributed by atoms with E-state index in [0.29, 0.717) is 5.56 Å². The Balaban J connectivity index is 3.19. The maximum atomic E-state index is 13.5. The summed E-state index contributed by atoms with van der Waals surface area (Å²) in [5.41, 5.74) is 6.41. The van der Waals surface area contributed by atoms with Crippen LogP contribution in [0.25, 0.3) is 0 Å². The van der Waals surface area contributed by atoms with Crippen molar-refractivity contribution in [3.63, 3.8) is 0 Å². The molecular weight excluding hydrogens is 245 g/mol. The van der Waals surface area contributed by atoms with Gasteiger partial charge in [-0.1, -0.05) is 42.8 Å². The van der Waals surface area contributed by atoms with Crippen LogP contribution in [0, 0.1) is 11.2 Å². The summed E-state index contributed by atoms with van der Waals surface area (Å²) in [6.07, 6.45) is 0. The van der Waals surface area contributed by atoms with Gasteiger partial charge in [0.15, 0.2) is 0 Å². The predicted octanol–water partition coefficient (Wildman–Crippen LogP) is 3.63. The van der Waals surface area contributed by atoms with Crippen molar-refractivity contribution in [3.05, 3.63) is 34.1 Å². The molecule has 1 rings (SSSR count). The second-order valence-electron chi connectivity index (χ2n) is 4.48. The highest BCUT2D eigenvalue weighted by molar-refractivity contribution is 9.10. The molecule has 2 N–H and O–H groups in total. The summed E-state index contributed by atoms with van der Waals surface area (Å²) in [5.74, 6) is -0.248. The van der Waals surface area contributed by atoms with Crippen molar-refractivity contribution < 1.29 is 4.39 Å². The molecule has 0 fully saturated rings. The van der Waals surface area contributed by atoms with Crippen LogP contribution in [0.2, 0.25) is 0 Å². The first-order chi connectivity index (χ1) is 6.34. The van der Waals surface area contributed by atoms with E-state index < -0.39 is 0 Å². The molecule has 1 nitrogen and oxygen atoms in total. The second-order valence-corrected chi connectivity index (χ2v) is 5.33. The Morgan fingerprint density at radius 1 is 1.36 bits per heavy atom. The molecular formula is C11H15BrFN. The van der Waals surface area contributed by atoms with Crippen molar-refractivity contribution >= 4 is 15.9 Å². The quantitative estimate of drug-likeness (QED) is 0.819. The van der Waals surface area contributed by atoms with Crippen LogP contribution in [0.15, 0.2) is 22.7 Å². The summed E-state index contributed by atoms with van der Waals surface area (Å²) in [4.78, 5) is 0. The summed E-state index contributed by atoms with van der Waals surface area (Å²) in [6.45, 7) is 5.99. The van der Waals surface area contributed by atoms with E-state index in [-0.39, 0.29) is 17.3 Å². The first-order valence-electron chi connectivity index (χ1n) is 4.53. The number of rotatable bonds is 1. The molecule has 0 aliphatic heterocycles. The molecule has 0 aromatic heterocycles. The van der Waals surface area contributed by atoms with Gasteiger partial charge in [0.2, 0.25) is 0 Å². The third-order valence-corrected chi connectivity index (χ3v) is 2.94. The lowest BCUT2D eigenvalue weighted by atomic mass is 9.83. The molecule has 0 radical (unpaired) electrons. The van der Waals surface area contributed by atoms with Gasteiger partial charge in [-0.25, -0.2) is 4.39 Å². The fourth-order valence-electron chi connectivity index (χ4n) is 1.24. The monoisotopic (exact) mass is 259 g/mol. The van der Waals surface area contributed by atoms with Gasteiger partial charge in [0.05, 0.1) is 0 Å². The average Bonchev–Trinajstić information content (AvgIpc) is 2.01. The SMILES string of the molecule is CC(C)(C)C(N)c1c(F)cccc1Br. The van der Waals surface area contributed by atoms with Crippen molar-refractivity contribution in [1.29, 1.82) is 0 Å². The highest BCUT2D eigenvalue weighted by Crippen LogP contribution is 2.35. The number of nitrogens with two attached hydrogens (primary N) is 1. The van der Waals surface area contributed by atoms with Crippen LogP contribution in [-0.4, -0.2) is 0 Å². The van der Waals surface area contributed by atoms with Crippen LogP contribution < -0.4 is 5.73 Å². The molecule has 3 heteroatoms. The molecule has 1 aromatic carbocycles. The van der Waals surface area contributed by atoms with Gasteiger partial charge in [0, 0.05) is 16.1 Å². The van der Waals surface area contributed by atoms with E-state index in [0.717, 1.165) is 4.47 Å². The van der Waals surface area contributed by atoms with Gasteiger partial charge in [-0.15, -0.1) is 0 Å². The second kappa shape index (κ2) is 3.99. The molecule has 78 valence electrons. The van der Waals surface area contributed by atoms with E-state index in [1.54, 1.807) is 6.07 Å². The molecule has 0 spiro atoms. The zero-order valence-corrected chi connectivity index (χ0v) is 10.2. The third kappa shape index (κ3) is 2.34. The van der Waals surface area contributed by atoms with E-state index in [9.17, 15) is 4.39 Å². The van der Waals surface area contributed by atoms with E-state index in [1.807, 2.05) is 26.8 Å². The molecule has 0 saturated heterocycles. The largest absolute Gasteiger partial charge is 0.323 e. The Morgan fingerprint density at radius 3 is 2.36 bits per heavy atom. The van der Waals surface area contributed by atoms with Crippen LogP contribution in [-0.2, 0) is 0 Å². The van der Waals surface area contributed by atoms with E-state index in [1.165, 1.54) is 6.07 Å². The topological polar surface area (TPSA) is 26.0 Å². The van der Waals surface area contributed by atoms with Crippen LogP contribution in [0.5, 0.6) is 0 Å². The number of benzene rings is 1. The van der Waals surface area contributed by atoms with Gasteiger partial charge >= 0.3 is 0 Å². The lowest BCUT2D eigenvalue weighted by Crippen LogP contribution is -2.27. The maximum Gasteiger partial charge on any atom is 0.129 e. The van der Waals surface area contributed by atoms with Crippen LogP contribution in [0.4, 0.5) is 4.39 Å². The van der Waals surface area contributed by atoms with E-state index in [4.69, 9.17) is 5.73 Å². The molecule has 1 aromatic rings. The zero-order valence-electron chi connectivity index (χ0n) is 8.64. The van der Waals surface area contributed by atoms with Gasteiger partial charge in [-0.05, 0) is 17.5 Å². The number of halogens is 2. The highest BCUT2D eigenvalue weighted by atomic mass is 79.9. The maximum absolute atomic E-state index is 13.5. The minimum atomic E-state index is -0.307. The van der Waals surface area contributed by atoms with Crippen LogP contribution >= 0.6 is 15.9 Å². The molecule has 1 atom stereocenters. The Kier molecular flexibility index (Phi) is 3.32. The van der Waals surface area contributed by atoms with Gasteiger partial charge in [0.25, 0.3) is 0 Å². The van der Waals surface area contributed by atoms with Crippen molar-refractivity contribution in [3.8, 4) is 0 Å². The van der Waals surface area contributed by atoms with Crippen molar-refractivity contribution in [2.75, 3.05) is 0 Å². The van der Waals surface area contributed by atoms with Gasteiger partial charge < -0.3 is 5.73 Å². The zero-order chi connectivity index (χ0) is 10.9. The number of hydrogen-bond acceptors (Lipinski definition) is 1. The van der Waals surface area contributed by atoms with E-state index >= 15 is 0 Å². The Labute approximate surface area is 92.6 Å². The smallest absolute Gasteiger partial charge is 0.129 e. The first-order valence-corrected chi connectivity index (χ1v) is 5.33. The highest BCUT2D eigenvalue weighted by Gasteiger charge is 2.26. The Bertz CT molecular complexity index is 310. The Hall–Kier alpha value is -0.410. The first kappa shape index (κ1) is 11.7. The van der Waals surface area contributed by atoms with Gasteiger partial charge in [-0.3, -0.25) is 0 Å². The molecule has 0 amide bonds. The summed E-state index contributed by atoms with van der Waals surface area (Å²) in [5, 5.41) is 0. The van der Waals surface area contributed by atoms with Crippen molar-refractivity contribution in [1.82, 2.24) is 0 Å². The molecule has 0 heterocycles. The van der Waals surface area contributed by atoms with Crippen molar-refractivity contribution in [2.45, 2.75) is 26.8 Å². The Morgan fingerprint density at radius 2 is 1.93 bits per heavy atom. The fraction of sp³-hybridized carbons (Fsp3) is 0.455. The number of hydrogen-bond donors (Lipinski definition) is 1. The summed E-state index contributed by atoms with van der Waals surface area (Å²) >= 11 is 3.32. The molecule has 0 bridgehead atoms. The normalized spacial score (nSPS) is 14.1. The lowest BCUT2D eigenvalue weighted by molar-refractivity contribution is 0.318. The standard InChI is InChI=1S/C11H15BrFN/c1-11(2,3)10(14)9-7(12)5-4-6-8(9)13/h4-6,10H,14H2,1-3H3. The predicted molar refractivity (Wildman–Crippen MR) is 60.5 cm³/mol. The minimum absolute atomic E-state index is 0.148. The van der Waals surface area contributed by atoms with Gasteiger partial charge in [-0.2, -0.15) is 0 Å². The summed E-state index contributed by atoms with van der Waals surface area (Å²) < 4.78 is 14.3. The molecule has 0 saturated carbocycles. The van der Waals surface area contributed by atoms with Crippen LogP contribution in [0.1, 0.15) is 32.4 Å². The third-order valence-electron chi connectivity index (χ3n) is 2.24. The molecule has 1 unspecified atom stereocenters. The minimum Gasteiger partial charge on any atom is -0.323 e. The van der Waals surface area contributed by atoms with Gasteiger partial charge in [0.1, 0.15) is 5.82 Å². The summed E-state index contributed by atoms with van der Waals surface area (Å²) in [7, 11) is 0. The van der Waals surface area contributed by atoms with E-state index in [2.05, 4.69) is 15.9 Å². The summed E-state index contributed by atoms with van der Waals surface area (Å²) in [6, 6.07) is 4.60. The van der Waals surface area contributed by atoms with Crippen LogP contribution in [0.3, 0.4) is 0 Å². The average molecular weight is 260 g/mol. The molecule has 14 heavy (non-hydrogen) atoms. The van der Waals surface area contributed by atoms with Crippen molar-refractivity contribution in [2.24, 2.45) is 11.1 Å². The molecule has 0 aliphatic rings.